The minimum atomic E-state index is 0.285. The molecule has 4 nitrogen and oxygen atoms in total. The Balaban J connectivity index is 1.19. The van der Waals surface area contributed by atoms with Gasteiger partial charge >= 0.3 is 0 Å². The van der Waals surface area contributed by atoms with Gasteiger partial charge in [-0.25, -0.2) is 4.98 Å². The summed E-state index contributed by atoms with van der Waals surface area (Å²) in [6.45, 7) is 5.47. The van der Waals surface area contributed by atoms with Crippen LogP contribution in [0.2, 0.25) is 0 Å². The van der Waals surface area contributed by atoms with Gasteiger partial charge in [-0.3, -0.25) is 9.69 Å². The van der Waals surface area contributed by atoms with E-state index in [4.69, 9.17) is 4.98 Å². The van der Waals surface area contributed by atoms with Gasteiger partial charge in [0.05, 0.1) is 21.8 Å². The Kier molecular flexibility index (Phi) is 4.95. The van der Waals surface area contributed by atoms with Crippen molar-refractivity contribution >= 4 is 38.8 Å². The Labute approximate surface area is 173 Å². The maximum Gasteiger partial charge on any atom is 0.236 e. The van der Waals surface area contributed by atoms with Gasteiger partial charge in [0.25, 0.3) is 0 Å². The van der Waals surface area contributed by atoms with Gasteiger partial charge in [0.15, 0.2) is 0 Å². The van der Waals surface area contributed by atoms with Gasteiger partial charge in [0, 0.05) is 36.5 Å². The number of aromatic nitrogens is 1. The molecule has 1 fully saturated rings. The number of thiophene rings is 1. The monoisotopic (exact) mass is 411 g/mol. The number of thiazole rings is 1. The zero-order valence-electron chi connectivity index (χ0n) is 16.1. The van der Waals surface area contributed by atoms with E-state index < -0.39 is 0 Å². The third-order valence-corrected chi connectivity index (χ3v) is 8.44. The summed E-state index contributed by atoms with van der Waals surface area (Å²) in [4.78, 5) is 23.7. The summed E-state index contributed by atoms with van der Waals surface area (Å²) in [6.07, 6.45) is 3.12. The van der Waals surface area contributed by atoms with E-state index in [2.05, 4.69) is 46.4 Å². The molecule has 1 aromatic carbocycles. The fraction of sp³-hybridized carbons (Fsp3) is 0.455. The molecule has 4 heterocycles. The summed E-state index contributed by atoms with van der Waals surface area (Å²) in [7, 11) is 0. The lowest BCUT2D eigenvalue weighted by atomic mass is 9.97. The van der Waals surface area contributed by atoms with Gasteiger partial charge in [-0.05, 0) is 55.3 Å². The molecular weight excluding hydrogens is 386 g/mol. The molecule has 0 radical (unpaired) electrons. The lowest BCUT2D eigenvalue weighted by Crippen LogP contribution is -2.45. The number of carbonyl (C=O) groups excluding carboxylic acids is 1. The van der Waals surface area contributed by atoms with Crippen molar-refractivity contribution < 1.29 is 4.79 Å². The average Bonchev–Trinajstić information content (AvgIpc) is 3.37. The minimum absolute atomic E-state index is 0.285. The van der Waals surface area contributed by atoms with Crippen LogP contribution in [-0.2, 0) is 11.2 Å². The number of rotatable bonds is 3. The largest absolute Gasteiger partial charge is 0.342 e. The average molecular weight is 412 g/mol. The quantitative estimate of drug-likeness (QED) is 0.628. The summed E-state index contributed by atoms with van der Waals surface area (Å²) in [6, 6.07) is 10.9. The zero-order valence-corrected chi connectivity index (χ0v) is 17.8. The Morgan fingerprint density at radius 2 is 2.00 bits per heavy atom. The number of benzene rings is 1. The highest BCUT2D eigenvalue weighted by Gasteiger charge is 2.30. The van der Waals surface area contributed by atoms with Crippen molar-refractivity contribution in [1.29, 1.82) is 0 Å². The molecule has 146 valence electrons. The molecular formula is C22H25N3OS2. The molecule has 0 N–H and O–H groups in total. The van der Waals surface area contributed by atoms with Crippen LogP contribution in [0, 0.1) is 0 Å². The fourth-order valence-electron chi connectivity index (χ4n) is 4.49. The molecule has 0 unspecified atom stereocenters. The molecule has 1 saturated heterocycles. The van der Waals surface area contributed by atoms with Crippen LogP contribution < -0.4 is 0 Å². The normalized spacial score (nSPS) is 21.2. The molecule has 6 heteroatoms. The molecule has 5 rings (SSSR count). The number of amides is 1. The van der Waals surface area contributed by atoms with E-state index in [1.807, 2.05) is 28.7 Å². The van der Waals surface area contributed by atoms with Crippen molar-refractivity contribution in [2.24, 2.45) is 0 Å². The van der Waals surface area contributed by atoms with E-state index >= 15 is 0 Å². The SMILES string of the molecule is C[C@@H]1c2ccsc2CCN1CC(=O)N1CCC(c2nc3ccccc3s2)CC1. The first-order chi connectivity index (χ1) is 13.7. The Morgan fingerprint density at radius 3 is 2.82 bits per heavy atom. The van der Waals surface area contributed by atoms with E-state index in [-0.39, 0.29) is 5.91 Å². The number of hydrogen-bond acceptors (Lipinski definition) is 5. The third kappa shape index (κ3) is 3.38. The van der Waals surface area contributed by atoms with E-state index in [0.717, 1.165) is 44.4 Å². The van der Waals surface area contributed by atoms with Crippen molar-refractivity contribution in [2.75, 3.05) is 26.2 Å². The molecule has 0 spiro atoms. The number of carbonyl (C=O) groups is 1. The highest BCUT2D eigenvalue weighted by molar-refractivity contribution is 7.18. The predicted octanol–water partition coefficient (Wildman–Crippen LogP) is 4.68. The van der Waals surface area contributed by atoms with Crippen LogP contribution in [0.1, 0.15) is 47.2 Å². The molecule has 2 aliphatic heterocycles. The highest BCUT2D eigenvalue weighted by atomic mass is 32.1. The van der Waals surface area contributed by atoms with Gasteiger partial charge in [-0.15, -0.1) is 22.7 Å². The van der Waals surface area contributed by atoms with Gasteiger partial charge in [-0.2, -0.15) is 0 Å². The Hall–Kier alpha value is -1.76. The molecule has 1 atom stereocenters. The number of fused-ring (bicyclic) bond motifs is 2. The second-order valence-corrected chi connectivity index (χ2v) is 9.93. The second kappa shape index (κ2) is 7.58. The summed E-state index contributed by atoms with van der Waals surface area (Å²) in [5.74, 6) is 0.775. The Morgan fingerprint density at radius 1 is 1.18 bits per heavy atom. The third-order valence-electron chi connectivity index (χ3n) is 6.25. The topological polar surface area (TPSA) is 36.4 Å². The predicted molar refractivity (Wildman–Crippen MR) is 116 cm³/mol. The van der Waals surface area contributed by atoms with Crippen molar-refractivity contribution in [3.63, 3.8) is 0 Å². The molecule has 0 bridgehead atoms. The summed E-state index contributed by atoms with van der Waals surface area (Å²) in [5.41, 5.74) is 2.52. The number of likely N-dealkylation sites (tertiary alicyclic amines) is 1. The smallest absolute Gasteiger partial charge is 0.236 e. The minimum Gasteiger partial charge on any atom is -0.342 e. The van der Waals surface area contributed by atoms with E-state index in [1.54, 1.807) is 0 Å². The maximum atomic E-state index is 12.9. The van der Waals surface area contributed by atoms with Crippen molar-refractivity contribution in [3.8, 4) is 0 Å². The first-order valence-corrected chi connectivity index (χ1v) is 11.8. The van der Waals surface area contributed by atoms with Gasteiger partial charge in [0.1, 0.15) is 0 Å². The molecule has 0 saturated carbocycles. The lowest BCUT2D eigenvalue weighted by Gasteiger charge is -2.36. The van der Waals surface area contributed by atoms with Crippen LogP contribution in [0.5, 0.6) is 0 Å². The Bertz CT molecular complexity index is 954. The first-order valence-electron chi connectivity index (χ1n) is 10.1. The molecule has 2 aliphatic rings. The standard InChI is InChI=1S/C22H25N3OS2/c1-15-17-9-13-27-19(17)8-12-25(15)14-21(26)24-10-6-16(7-11-24)22-23-18-4-2-3-5-20(18)28-22/h2-5,9,13,15-16H,6-8,10-12,14H2,1H3/t15-/m1/s1. The molecule has 0 aliphatic carbocycles. The maximum absolute atomic E-state index is 12.9. The molecule has 28 heavy (non-hydrogen) atoms. The number of hydrogen-bond donors (Lipinski definition) is 0. The second-order valence-electron chi connectivity index (χ2n) is 7.87. The van der Waals surface area contributed by atoms with Gasteiger partial charge in [0.2, 0.25) is 5.91 Å². The fourth-order valence-corrected chi connectivity index (χ4v) is 6.59. The van der Waals surface area contributed by atoms with Gasteiger partial charge < -0.3 is 4.90 Å². The highest BCUT2D eigenvalue weighted by Crippen LogP contribution is 2.35. The summed E-state index contributed by atoms with van der Waals surface area (Å²) in [5, 5.41) is 3.42. The van der Waals surface area contributed by atoms with Crippen LogP contribution in [0.3, 0.4) is 0 Å². The van der Waals surface area contributed by atoms with Crippen LogP contribution in [0.15, 0.2) is 35.7 Å². The summed E-state index contributed by atoms with van der Waals surface area (Å²) >= 11 is 3.67. The van der Waals surface area contributed by atoms with E-state index in [1.165, 1.54) is 20.1 Å². The van der Waals surface area contributed by atoms with Crippen LogP contribution in [0.25, 0.3) is 10.2 Å². The van der Waals surface area contributed by atoms with Crippen molar-refractivity contribution in [3.05, 3.63) is 51.2 Å². The molecule has 2 aromatic heterocycles. The van der Waals surface area contributed by atoms with Crippen LogP contribution in [0.4, 0.5) is 0 Å². The number of para-hydroxylation sites is 1. The zero-order chi connectivity index (χ0) is 19.1. The number of piperidine rings is 1. The summed E-state index contributed by atoms with van der Waals surface area (Å²) < 4.78 is 1.27. The number of nitrogens with zero attached hydrogens (tertiary/aromatic N) is 3. The molecule has 3 aromatic rings. The van der Waals surface area contributed by atoms with Crippen molar-refractivity contribution in [2.45, 2.75) is 38.1 Å². The first kappa shape index (κ1) is 18.3. The van der Waals surface area contributed by atoms with E-state index in [9.17, 15) is 4.79 Å². The van der Waals surface area contributed by atoms with Crippen LogP contribution >= 0.6 is 22.7 Å². The lowest BCUT2D eigenvalue weighted by molar-refractivity contribution is -0.134. The van der Waals surface area contributed by atoms with Gasteiger partial charge in [-0.1, -0.05) is 12.1 Å². The van der Waals surface area contributed by atoms with E-state index in [0.29, 0.717) is 18.5 Å². The van der Waals surface area contributed by atoms with Crippen LogP contribution in [-0.4, -0.2) is 46.9 Å². The van der Waals surface area contributed by atoms with Crippen molar-refractivity contribution in [1.82, 2.24) is 14.8 Å². The molecule has 1 amide bonds.